The summed E-state index contributed by atoms with van der Waals surface area (Å²) in [5.74, 6) is 0.379. The van der Waals surface area contributed by atoms with Gasteiger partial charge < -0.3 is 0 Å². The second kappa shape index (κ2) is 7.43. The lowest BCUT2D eigenvalue weighted by Crippen LogP contribution is -2.65. The van der Waals surface area contributed by atoms with Crippen molar-refractivity contribution in [3.8, 4) is 12.1 Å². The SMILES string of the molecule is CC[C@@]12CC[C@@]3(C)CC[C@](C)(C#N)C[C@H]3[C@H]1C(=O)C=C1[C@@]3(C)C=C(C#N)C(=O)C(C)(C)[C@@H]3CC[C@]12C. The molecule has 0 saturated heterocycles. The first kappa shape index (κ1) is 25.4. The molecule has 192 valence electrons. The molecule has 0 radical (unpaired) electrons. The lowest BCUT2D eigenvalue weighted by atomic mass is 9.33. The van der Waals surface area contributed by atoms with Crippen LogP contribution in [0.1, 0.15) is 99.8 Å². The minimum atomic E-state index is -0.640. The molecule has 0 unspecified atom stereocenters. The van der Waals surface area contributed by atoms with E-state index in [2.05, 4.69) is 46.8 Å². The molecule has 0 N–H and O–H groups in total. The van der Waals surface area contributed by atoms with Gasteiger partial charge in [-0.2, -0.15) is 10.5 Å². The Balaban J connectivity index is 1.72. The van der Waals surface area contributed by atoms with Crippen LogP contribution in [0.15, 0.2) is 23.3 Å². The van der Waals surface area contributed by atoms with E-state index in [1.165, 1.54) is 0 Å². The van der Waals surface area contributed by atoms with Gasteiger partial charge in [0.2, 0.25) is 0 Å². The lowest BCUT2D eigenvalue weighted by molar-refractivity contribution is -0.172. The third-order valence-electron chi connectivity index (χ3n) is 12.6. The quantitative estimate of drug-likeness (QED) is 0.395. The van der Waals surface area contributed by atoms with Crippen LogP contribution in [-0.2, 0) is 9.59 Å². The highest BCUT2D eigenvalue weighted by Gasteiger charge is 2.70. The number of ketones is 2. The Hall–Kier alpha value is -2.20. The van der Waals surface area contributed by atoms with E-state index in [0.717, 1.165) is 56.9 Å². The van der Waals surface area contributed by atoms with E-state index in [1.54, 1.807) is 0 Å². The number of Topliss-reactive ketones (excluding diaryl/α,β-unsaturated/α-hetero) is 1. The standard InChI is InChI=1S/C32H42N2O2/c1-8-32-14-13-29(5)12-11-28(4,19-34)17-21(29)25(32)22(35)15-24-30(6)16-20(18-33)26(36)27(2,3)23(30)9-10-31(24,32)7/h15-16,21,23,25H,8-14,17H2,1-7H3/t21-,23-,25-,28-,29+,30-,31+,32+/m0/s1. The zero-order valence-electron chi connectivity index (χ0n) is 23.3. The summed E-state index contributed by atoms with van der Waals surface area (Å²) < 4.78 is 0. The molecule has 5 aliphatic carbocycles. The maximum atomic E-state index is 14.4. The number of hydrogen-bond acceptors (Lipinski definition) is 4. The van der Waals surface area contributed by atoms with Crippen molar-refractivity contribution in [2.75, 3.05) is 0 Å². The van der Waals surface area contributed by atoms with Gasteiger partial charge in [0.1, 0.15) is 6.07 Å². The van der Waals surface area contributed by atoms with Gasteiger partial charge in [-0.3, -0.25) is 9.59 Å². The largest absolute Gasteiger partial charge is 0.295 e. The summed E-state index contributed by atoms with van der Waals surface area (Å²) in [7, 11) is 0. The van der Waals surface area contributed by atoms with Crippen LogP contribution in [0.2, 0.25) is 0 Å². The highest BCUT2D eigenvalue weighted by atomic mass is 16.1. The maximum absolute atomic E-state index is 14.4. The van der Waals surface area contributed by atoms with Gasteiger partial charge in [-0.05, 0) is 92.4 Å². The summed E-state index contributed by atoms with van der Waals surface area (Å²) >= 11 is 0. The van der Waals surface area contributed by atoms with Gasteiger partial charge in [0, 0.05) is 16.7 Å². The zero-order valence-corrected chi connectivity index (χ0v) is 23.3. The number of carbonyl (C=O) groups is 2. The molecular formula is C32H42N2O2. The van der Waals surface area contributed by atoms with Crippen LogP contribution in [0, 0.1) is 72.9 Å². The molecule has 0 bridgehead atoms. The number of hydrogen-bond donors (Lipinski definition) is 0. The fourth-order valence-electron chi connectivity index (χ4n) is 10.4. The summed E-state index contributed by atoms with van der Waals surface area (Å²) in [4.78, 5) is 27.6. The van der Waals surface area contributed by atoms with Crippen molar-refractivity contribution in [1.82, 2.24) is 0 Å². The Labute approximate surface area is 217 Å². The number of nitriles is 2. The smallest absolute Gasteiger partial charge is 0.178 e. The Morgan fingerprint density at radius 2 is 1.64 bits per heavy atom. The number of allylic oxidation sites excluding steroid dienone is 4. The minimum absolute atomic E-state index is 0.0617. The van der Waals surface area contributed by atoms with Crippen LogP contribution in [0.3, 0.4) is 0 Å². The Morgan fingerprint density at radius 3 is 2.25 bits per heavy atom. The van der Waals surface area contributed by atoms with Gasteiger partial charge in [0.05, 0.1) is 17.1 Å². The zero-order chi connectivity index (χ0) is 26.5. The summed E-state index contributed by atoms with van der Waals surface area (Å²) in [5.41, 5.74) is -0.333. The van der Waals surface area contributed by atoms with Crippen molar-refractivity contribution in [3.63, 3.8) is 0 Å². The first-order valence-electron chi connectivity index (χ1n) is 14.0. The van der Waals surface area contributed by atoms with E-state index in [1.807, 2.05) is 26.0 Å². The van der Waals surface area contributed by atoms with Gasteiger partial charge in [-0.25, -0.2) is 0 Å². The van der Waals surface area contributed by atoms with E-state index in [-0.39, 0.29) is 56.6 Å². The normalized spacial score (nSPS) is 49.2. The van der Waals surface area contributed by atoms with E-state index >= 15 is 0 Å². The topological polar surface area (TPSA) is 81.7 Å². The highest BCUT2D eigenvalue weighted by molar-refractivity contribution is 6.04. The van der Waals surface area contributed by atoms with Crippen LogP contribution in [0.5, 0.6) is 0 Å². The van der Waals surface area contributed by atoms with Crippen molar-refractivity contribution >= 4 is 11.6 Å². The van der Waals surface area contributed by atoms with Crippen molar-refractivity contribution < 1.29 is 9.59 Å². The number of carbonyl (C=O) groups excluding carboxylic acids is 2. The molecule has 4 heteroatoms. The van der Waals surface area contributed by atoms with E-state index < -0.39 is 10.8 Å². The molecule has 0 aliphatic heterocycles. The Bertz CT molecular complexity index is 1200. The van der Waals surface area contributed by atoms with Gasteiger partial charge in [0.15, 0.2) is 11.6 Å². The summed E-state index contributed by atoms with van der Waals surface area (Å²) in [5, 5.41) is 19.9. The summed E-state index contributed by atoms with van der Waals surface area (Å²) in [6.45, 7) is 15.3. The third kappa shape index (κ3) is 2.85. The number of fused-ring (bicyclic) bond motifs is 7. The minimum Gasteiger partial charge on any atom is -0.295 e. The predicted octanol–water partition coefficient (Wildman–Crippen LogP) is 7.12. The average Bonchev–Trinajstić information content (AvgIpc) is 2.83. The molecule has 0 heterocycles. The fraction of sp³-hybridized carbons (Fsp3) is 0.750. The monoisotopic (exact) mass is 486 g/mol. The molecule has 3 fully saturated rings. The third-order valence-corrected chi connectivity index (χ3v) is 12.6. The lowest BCUT2D eigenvalue weighted by Gasteiger charge is -2.69. The molecule has 0 amide bonds. The maximum Gasteiger partial charge on any atom is 0.178 e. The van der Waals surface area contributed by atoms with Gasteiger partial charge in [0.25, 0.3) is 0 Å². The molecule has 0 spiro atoms. The molecule has 5 rings (SSSR count). The van der Waals surface area contributed by atoms with Crippen molar-refractivity contribution in [2.45, 2.75) is 99.8 Å². The van der Waals surface area contributed by atoms with Gasteiger partial charge >= 0.3 is 0 Å². The van der Waals surface area contributed by atoms with Crippen LogP contribution in [-0.4, -0.2) is 11.6 Å². The highest BCUT2D eigenvalue weighted by Crippen LogP contribution is 2.75. The van der Waals surface area contributed by atoms with E-state index in [9.17, 15) is 20.1 Å². The van der Waals surface area contributed by atoms with Crippen molar-refractivity contribution in [1.29, 1.82) is 10.5 Å². The summed E-state index contributed by atoms with van der Waals surface area (Å²) in [6.07, 6.45) is 11.6. The molecule has 0 aromatic heterocycles. The van der Waals surface area contributed by atoms with Crippen molar-refractivity contribution in [3.05, 3.63) is 23.3 Å². The molecular weight excluding hydrogens is 444 g/mol. The Kier molecular flexibility index (Phi) is 5.25. The van der Waals surface area contributed by atoms with E-state index in [4.69, 9.17) is 0 Å². The second-order valence-electron chi connectivity index (χ2n) is 14.5. The number of nitrogens with zero attached hydrogens (tertiary/aromatic N) is 2. The Morgan fingerprint density at radius 1 is 0.972 bits per heavy atom. The van der Waals surface area contributed by atoms with Gasteiger partial charge in [-0.1, -0.05) is 53.2 Å². The fourth-order valence-corrected chi connectivity index (χ4v) is 10.4. The van der Waals surface area contributed by atoms with Crippen molar-refractivity contribution in [2.24, 2.45) is 50.2 Å². The molecule has 3 saturated carbocycles. The number of rotatable bonds is 1. The first-order valence-corrected chi connectivity index (χ1v) is 14.0. The summed E-state index contributed by atoms with van der Waals surface area (Å²) in [6, 6.07) is 4.80. The van der Waals surface area contributed by atoms with Crippen LogP contribution in [0.25, 0.3) is 0 Å². The molecule has 0 aromatic carbocycles. The predicted molar refractivity (Wildman–Crippen MR) is 139 cm³/mol. The molecule has 4 nitrogen and oxygen atoms in total. The first-order chi connectivity index (χ1) is 16.7. The van der Waals surface area contributed by atoms with Gasteiger partial charge in [-0.15, -0.1) is 0 Å². The second-order valence-corrected chi connectivity index (χ2v) is 14.5. The average molecular weight is 487 g/mol. The van der Waals surface area contributed by atoms with Crippen LogP contribution < -0.4 is 0 Å². The van der Waals surface area contributed by atoms with E-state index in [0.29, 0.717) is 0 Å². The molecule has 0 aromatic rings. The molecule has 5 aliphatic rings. The van der Waals surface area contributed by atoms with Crippen LogP contribution >= 0.6 is 0 Å². The van der Waals surface area contributed by atoms with Crippen LogP contribution in [0.4, 0.5) is 0 Å². The molecule has 8 atom stereocenters. The molecule has 36 heavy (non-hydrogen) atoms.